The fourth-order valence-electron chi connectivity index (χ4n) is 3.78. The molecule has 30 heavy (non-hydrogen) atoms. The lowest BCUT2D eigenvalue weighted by atomic mass is 9.96. The van der Waals surface area contributed by atoms with Crippen molar-refractivity contribution >= 4 is 23.3 Å². The van der Waals surface area contributed by atoms with Crippen molar-refractivity contribution in [1.82, 2.24) is 4.90 Å². The van der Waals surface area contributed by atoms with Crippen LogP contribution in [0.15, 0.2) is 54.6 Å². The van der Waals surface area contributed by atoms with E-state index in [9.17, 15) is 14.4 Å². The van der Waals surface area contributed by atoms with Gasteiger partial charge in [0.2, 0.25) is 5.91 Å². The van der Waals surface area contributed by atoms with E-state index in [1.807, 2.05) is 36.4 Å². The summed E-state index contributed by atoms with van der Waals surface area (Å²) in [6, 6.07) is 17.0. The minimum atomic E-state index is -0.714. The summed E-state index contributed by atoms with van der Waals surface area (Å²) >= 11 is 0. The normalized spacial score (nSPS) is 14.4. The van der Waals surface area contributed by atoms with Crippen LogP contribution in [0, 0.1) is 5.92 Å². The second-order valence-electron chi connectivity index (χ2n) is 7.81. The number of hydrogen-bond donors (Lipinski definition) is 1. The maximum atomic E-state index is 12.5. The van der Waals surface area contributed by atoms with Crippen LogP contribution in [0.2, 0.25) is 0 Å². The first-order valence-corrected chi connectivity index (χ1v) is 10.3. The van der Waals surface area contributed by atoms with Crippen LogP contribution in [0.25, 0.3) is 0 Å². The Morgan fingerprint density at radius 3 is 2.37 bits per heavy atom. The molecule has 1 amide bonds. The van der Waals surface area contributed by atoms with Gasteiger partial charge in [-0.05, 0) is 30.5 Å². The minimum Gasteiger partial charge on any atom is -0.481 e. The number of hydrogen-bond acceptors (Lipinski definition) is 4. The predicted octanol–water partition coefficient (Wildman–Crippen LogP) is 3.61. The maximum absolute atomic E-state index is 12.5. The Labute approximate surface area is 177 Å². The number of rotatable bonds is 8. The number of carboxylic acid groups (broad SMARTS) is 1. The Hall–Kier alpha value is -3.15. The number of aliphatic carboxylic acids is 1. The molecule has 0 aliphatic carbocycles. The second-order valence-corrected chi connectivity index (χ2v) is 7.81. The van der Waals surface area contributed by atoms with Gasteiger partial charge < -0.3 is 14.9 Å². The van der Waals surface area contributed by atoms with Crippen LogP contribution in [-0.2, 0) is 16.1 Å². The zero-order valence-electron chi connectivity index (χ0n) is 17.3. The van der Waals surface area contributed by atoms with Crippen LogP contribution < -0.4 is 4.90 Å². The molecule has 2 aromatic carbocycles. The largest absolute Gasteiger partial charge is 0.481 e. The molecule has 6 nitrogen and oxygen atoms in total. The van der Waals surface area contributed by atoms with E-state index in [2.05, 4.69) is 11.0 Å². The summed E-state index contributed by atoms with van der Waals surface area (Å²) in [5.74, 6) is -1.06. The van der Waals surface area contributed by atoms with E-state index in [1.54, 1.807) is 24.1 Å². The van der Waals surface area contributed by atoms with Gasteiger partial charge in [-0.15, -0.1) is 0 Å². The Morgan fingerprint density at radius 2 is 1.70 bits per heavy atom. The fraction of sp³-hybridized carbons (Fsp3) is 0.375. The molecule has 158 valence electrons. The summed E-state index contributed by atoms with van der Waals surface area (Å²) in [6.07, 6.45) is 1.68. The summed E-state index contributed by atoms with van der Waals surface area (Å²) in [7, 11) is 1.75. The van der Waals surface area contributed by atoms with Crippen LogP contribution >= 0.6 is 0 Å². The quantitative estimate of drug-likeness (QED) is 0.675. The van der Waals surface area contributed by atoms with Gasteiger partial charge in [0.15, 0.2) is 5.78 Å². The van der Waals surface area contributed by atoms with Gasteiger partial charge in [-0.1, -0.05) is 42.5 Å². The third kappa shape index (κ3) is 5.69. The van der Waals surface area contributed by atoms with Gasteiger partial charge in [-0.3, -0.25) is 14.4 Å². The molecule has 3 rings (SSSR count). The van der Waals surface area contributed by atoms with E-state index < -0.39 is 5.97 Å². The van der Waals surface area contributed by atoms with Gasteiger partial charge in [0.1, 0.15) is 0 Å². The molecule has 1 aliphatic rings. The number of piperidine rings is 1. The summed E-state index contributed by atoms with van der Waals surface area (Å²) < 4.78 is 0. The van der Waals surface area contributed by atoms with Crippen molar-refractivity contribution in [3.05, 3.63) is 65.7 Å². The molecule has 6 heteroatoms. The van der Waals surface area contributed by atoms with Crippen molar-refractivity contribution < 1.29 is 19.5 Å². The molecule has 0 aromatic heterocycles. The Morgan fingerprint density at radius 1 is 1.00 bits per heavy atom. The van der Waals surface area contributed by atoms with E-state index in [4.69, 9.17) is 5.11 Å². The highest BCUT2D eigenvalue weighted by atomic mass is 16.4. The smallest absolute Gasteiger partial charge is 0.306 e. The molecule has 0 bridgehead atoms. The maximum Gasteiger partial charge on any atom is 0.306 e. The lowest BCUT2D eigenvalue weighted by molar-refractivity contribution is -0.142. The van der Waals surface area contributed by atoms with Crippen LogP contribution in [0.1, 0.15) is 41.6 Å². The third-order valence-electron chi connectivity index (χ3n) is 5.63. The highest BCUT2D eigenvalue weighted by molar-refractivity contribution is 5.97. The number of benzene rings is 2. The molecular formula is C24H28N2O4. The summed E-state index contributed by atoms with van der Waals surface area (Å²) in [6.45, 7) is 1.91. The monoisotopic (exact) mass is 408 g/mol. The molecule has 0 radical (unpaired) electrons. The fourth-order valence-corrected chi connectivity index (χ4v) is 3.78. The van der Waals surface area contributed by atoms with Crippen LogP contribution in [0.3, 0.4) is 0 Å². The summed E-state index contributed by atoms with van der Waals surface area (Å²) in [5.41, 5.74) is 2.70. The highest BCUT2D eigenvalue weighted by Crippen LogP contribution is 2.24. The van der Waals surface area contributed by atoms with Crippen molar-refractivity contribution in [3.63, 3.8) is 0 Å². The van der Waals surface area contributed by atoms with Gasteiger partial charge >= 0.3 is 5.97 Å². The van der Waals surface area contributed by atoms with Crippen LogP contribution in [0.4, 0.5) is 5.69 Å². The number of carbonyl (C=O) groups is 3. The molecule has 1 N–H and O–H groups in total. The second kappa shape index (κ2) is 10.1. The first kappa shape index (κ1) is 21.6. The van der Waals surface area contributed by atoms with E-state index in [-0.39, 0.29) is 30.4 Å². The lowest BCUT2D eigenvalue weighted by Crippen LogP contribution is -2.36. The van der Waals surface area contributed by atoms with E-state index in [0.717, 1.165) is 24.3 Å². The van der Waals surface area contributed by atoms with Gasteiger partial charge in [-0.2, -0.15) is 0 Å². The molecule has 1 saturated heterocycles. The van der Waals surface area contributed by atoms with E-state index >= 15 is 0 Å². The predicted molar refractivity (Wildman–Crippen MR) is 115 cm³/mol. The molecular weight excluding hydrogens is 380 g/mol. The number of carbonyl (C=O) groups excluding carboxylic acids is 2. The van der Waals surface area contributed by atoms with Gasteiger partial charge in [-0.25, -0.2) is 0 Å². The van der Waals surface area contributed by atoms with E-state index in [0.29, 0.717) is 24.9 Å². The molecule has 2 aromatic rings. The lowest BCUT2D eigenvalue weighted by Gasteiger charge is -2.32. The Kier molecular flexibility index (Phi) is 7.22. The first-order valence-electron chi connectivity index (χ1n) is 10.3. The molecule has 1 aliphatic heterocycles. The first-order chi connectivity index (χ1) is 14.4. The van der Waals surface area contributed by atoms with Crippen molar-refractivity contribution in [2.45, 2.75) is 32.2 Å². The number of ketones is 1. The summed E-state index contributed by atoms with van der Waals surface area (Å²) in [5, 5.41) is 9.16. The van der Waals surface area contributed by atoms with Crippen molar-refractivity contribution in [1.29, 1.82) is 0 Å². The average molecular weight is 408 g/mol. The molecule has 1 fully saturated rings. The van der Waals surface area contributed by atoms with Crippen LogP contribution in [-0.4, -0.2) is 47.8 Å². The number of carboxylic acids is 1. The Balaban J connectivity index is 1.52. The minimum absolute atomic E-state index is 0.0240. The van der Waals surface area contributed by atoms with Gasteiger partial charge in [0.25, 0.3) is 0 Å². The van der Waals surface area contributed by atoms with Crippen molar-refractivity contribution in [3.8, 4) is 0 Å². The van der Waals surface area contributed by atoms with Gasteiger partial charge in [0, 0.05) is 50.8 Å². The number of anilines is 1. The standard InChI is InChI=1S/C24H28N2O4/c1-25(23(28)11-10-22(27)19-7-3-2-4-8-19)17-18-6-5-9-21(16-18)26-14-12-20(13-15-26)24(29)30/h2-9,16,20H,10-15,17H2,1H3,(H,29,30). The topological polar surface area (TPSA) is 77.9 Å². The molecule has 1 heterocycles. The number of amides is 1. The summed E-state index contributed by atoms with van der Waals surface area (Å²) in [4.78, 5) is 39.7. The zero-order chi connectivity index (χ0) is 21.5. The SMILES string of the molecule is CN(Cc1cccc(N2CCC(C(=O)O)CC2)c1)C(=O)CCC(=O)c1ccccc1. The zero-order valence-corrected chi connectivity index (χ0v) is 17.3. The van der Waals surface area contributed by atoms with Crippen LogP contribution in [0.5, 0.6) is 0 Å². The number of nitrogens with zero attached hydrogens (tertiary/aromatic N) is 2. The number of Topliss-reactive ketones (excluding diaryl/α,β-unsaturated/α-hetero) is 1. The highest BCUT2D eigenvalue weighted by Gasteiger charge is 2.24. The van der Waals surface area contributed by atoms with E-state index in [1.165, 1.54) is 0 Å². The average Bonchev–Trinajstić information content (AvgIpc) is 2.78. The molecule has 0 atom stereocenters. The molecule has 0 saturated carbocycles. The van der Waals surface area contributed by atoms with Crippen molar-refractivity contribution in [2.24, 2.45) is 5.92 Å². The Bertz CT molecular complexity index is 889. The molecule has 0 spiro atoms. The van der Waals surface area contributed by atoms with Gasteiger partial charge in [0.05, 0.1) is 5.92 Å². The van der Waals surface area contributed by atoms with Crippen molar-refractivity contribution in [2.75, 3.05) is 25.0 Å². The third-order valence-corrected chi connectivity index (χ3v) is 5.63. The molecule has 0 unspecified atom stereocenters.